The molecule has 0 amide bonds. The quantitative estimate of drug-likeness (QED) is 0.916. The summed E-state index contributed by atoms with van der Waals surface area (Å²) in [5.74, 6) is -0.179. The van der Waals surface area contributed by atoms with Crippen LogP contribution in [0.25, 0.3) is 0 Å². The molecule has 0 radical (unpaired) electrons. The van der Waals surface area contributed by atoms with Gasteiger partial charge in [0, 0.05) is 24.0 Å². The van der Waals surface area contributed by atoms with E-state index in [1.165, 1.54) is 11.3 Å². The number of nitrogens with zero attached hydrogens (tertiary/aromatic N) is 1. The molecule has 3 heteroatoms. The Kier molecular flexibility index (Phi) is 3.93. The number of hydrogen-bond acceptors (Lipinski definition) is 2. The number of aryl methyl sites for hydroxylation is 1. The van der Waals surface area contributed by atoms with E-state index in [1.807, 2.05) is 13.1 Å². The second kappa shape index (κ2) is 5.86. The first kappa shape index (κ1) is 14.1. The van der Waals surface area contributed by atoms with Crippen LogP contribution in [0.15, 0.2) is 42.5 Å². The van der Waals surface area contributed by atoms with Crippen molar-refractivity contribution >= 4 is 11.4 Å². The molecule has 21 heavy (non-hydrogen) atoms. The lowest BCUT2D eigenvalue weighted by molar-refractivity contribution is 0.607. The highest BCUT2D eigenvalue weighted by Crippen LogP contribution is 2.38. The molecule has 1 heterocycles. The van der Waals surface area contributed by atoms with Crippen molar-refractivity contribution < 1.29 is 4.39 Å². The van der Waals surface area contributed by atoms with Crippen LogP contribution in [0.1, 0.15) is 24.5 Å². The number of halogens is 1. The summed E-state index contributed by atoms with van der Waals surface area (Å²) in [7, 11) is 1.89. The number of fused-ring (bicyclic) bond motifs is 1. The zero-order valence-corrected chi connectivity index (χ0v) is 12.6. The van der Waals surface area contributed by atoms with E-state index >= 15 is 0 Å². The van der Waals surface area contributed by atoms with Gasteiger partial charge >= 0.3 is 0 Å². The molecule has 110 valence electrons. The highest BCUT2D eigenvalue weighted by Gasteiger charge is 2.25. The van der Waals surface area contributed by atoms with Gasteiger partial charge in [-0.2, -0.15) is 0 Å². The van der Waals surface area contributed by atoms with Gasteiger partial charge in [-0.05, 0) is 62.2 Å². The fourth-order valence-corrected chi connectivity index (χ4v) is 3.18. The van der Waals surface area contributed by atoms with Crippen molar-refractivity contribution in [3.05, 3.63) is 59.4 Å². The third-order valence-corrected chi connectivity index (χ3v) is 4.19. The summed E-state index contributed by atoms with van der Waals surface area (Å²) in [6.45, 7) is 2.90. The molecule has 0 saturated heterocycles. The molecule has 0 bridgehead atoms. The Labute approximate surface area is 125 Å². The molecule has 0 saturated carbocycles. The van der Waals surface area contributed by atoms with Crippen LogP contribution < -0.4 is 10.2 Å². The lowest BCUT2D eigenvalue weighted by Gasteiger charge is -2.38. The van der Waals surface area contributed by atoms with E-state index in [4.69, 9.17) is 0 Å². The van der Waals surface area contributed by atoms with Crippen LogP contribution in [0, 0.1) is 5.82 Å². The predicted octanol–water partition coefficient (Wildman–Crippen LogP) is 4.02. The van der Waals surface area contributed by atoms with E-state index in [0.717, 1.165) is 24.1 Å². The smallest absolute Gasteiger partial charge is 0.123 e. The van der Waals surface area contributed by atoms with Crippen molar-refractivity contribution in [2.45, 2.75) is 32.4 Å². The second-order valence-corrected chi connectivity index (χ2v) is 5.69. The molecule has 2 aromatic rings. The first-order chi connectivity index (χ1) is 10.2. The number of para-hydroxylation sites is 1. The predicted molar refractivity (Wildman–Crippen MR) is 85.5 cm³/mol. The zero-order chi connectivity index (χ0) is 14.8. The number of hydrogen-bond donors (Lipinski definition) is 1. The Balaban J connectivity index is 2.11. The summed E-state index contributed by atoms with van der Waals surface area (Å²) in [5, 5.41) is 3.14. The van der Waals surface area contributed by atoms with Gasteiger partial charge < -0.3 is 10.2 Å². The fraction of sp³-hybridized carbons (Fsp3) is 0.333. The van der Waals surface area contributed by atoms with Gasteiger partial charge in [-0.3, -0.25) is 0 Å². The third kappa shape index (κ3) is 2.66. The standard InChI is InChI=1S/C18H21FN2/c1-13-7-8-14-5-3-4-6-17(14)21(13)18-10-9-16(19)11-15(18)12-20-2/h3-6,9-11,13,20H,7-8,12H2,1-2H3. The third-order valence-electron chi connectivity index (χ3n) is 4.19. The molecule has 1 unspecified atom stereocenters. The first-order valence-corrected chi connectivity index (χ1v) is 7.51. The maximum absolute atomic E-state index is 13.6. The summed E-state index contributed by atoms with van der Waals surface area (Å²) < 4.78 is 13.6. The van der Waals surface area contributed by atoms with Gasteiger partial charge in [0.05, 0.1) is 0 Å². The molecule has 2 nitrogen and oxygen atoms in total. The van der Waals surface area contributed by atoms with Crippen molar-refractivity contribution in [2.24, 2.45) is 0 Å². The summed E-state index contributed by atoms with van der Waals surface area (Å²) >= 11 is 0. The molecule has 1 N–H and O–H groups in total. The minimum absolute atomic E-state index is 0.179. The van der Waals surface area contributed by atoms with Crippen LogP contribution in [0.4, 0.5) is 15.8 Å². The van der Waals surface area contributed by atoms with Gasteiger partial charge in [-0.1, -0.05) is 18.2 Å². The fourth-order valence-electron chi connectivity index (χ4n) is 3.18. The van der Waals surface area contributed by atoms with Gasteiger partial charge in [-0.25, -0.2) is 4.39 Å². The highest BCUT2D eigenvalue weighted by molar-refractivity contribution is 5.71. The number of rotatable bonds is 3. The maximum Gasteiger partial charge on any atom is 0.123 e. The van der Waals surface area contributed by atoms with Gasteiger partial charge in [0.1, 0.15) is 5.82 Å². The van der Waals surface area contributed by atoms with Crippen molar-refractivity contribution in [3.8, 4) is 0 Å². The first-order valence-electron chi connectivity index (χ1n) is 7.51. The van der Waals surface area contributed by atoms with Crippen LogP contribution in [-0.2, 0) is 13.0 Å². The summed E-state index contributed by atoms with van der Waals surface area (Å²) in [4.78, 5) is 2.35. The monoisotopic (exact) mass is 284 g/mol. The Morgan fingerprint density at radius 1 is 1.19 bits per heavy atom. The molecule has 1 atom stereocenters. The summed E-state index contributed by atoms with van der Waals surface area (Å²) in [5.41, 5.74) is 4.72. The maximum atomic E-state index is 13.6. The summed E-state index contributed by atoms with van der Waals surface area (Å²) in [6, 6.07) is 14.0. The molecule has 1 aliphatic heterocycles. The van der Waals surface area contributed by atoms with Crippen LogP contribution in [0.3, 0.4) is 0 Å². The molecule has 0 spiro atoms. The van der Waals surface area contributed by atoms with Crippen LogP contribution in [-0.4, -0.2) is 13.1 Å². The molecular weight excluding hydrogens is 263 g/mol. The summed E-state index contributed by atoms with van der Waals surface area (Å²) in [6.07, 6.45) is 2.23. The Bertz CT molecular complexity index is 639. The van der Waals surface area contributed by atoms with E-state index in [2.05, 4.69) is 41.4 Å². The van der Waals surface area contributed by atoms with E-state index in [-0.39, 0.29) is 5.82 Å². The van der Waals surface area contributed by atoms with Crippen LogP contribution in [0.2, 0.25) is 0 Å². The second-order valence-electron chi connectivity index (χ2n) is 5.69. The average Bonchev–Trinajstić information content (AvgIpc) is 2.49. The minimum Gasteiger partial charge on any atom is -0.338 e. The van der Waals surface area contributed by atoms with Crippen molar-refractivity contribution in [3.63, 3.8) is 0 Å². The molecule has 0 fully saturated rings. The largest absolute Gasteiger partial charge is 0.338 e. The van der Waals surface area contributed by atoms with Gasteiger partial charge in [-0.15, -0.1) is 0 Å². The Morgan fingerprint density at radius 2 is 2.00 bits per heavy atom. The van der Waals surface area contributed by atoms with E-state index in [0.29, 0.717) is 12.6 Å². The van der Waals surface area contributed by atoms with E-state index in [1.54, 1.807) is 12.1 Å². The Hall–Kier alpha value is -1.87. The number of anilines is 2. The lowest BCUT2D eigenvalue weighted by Crippen LogP contribution is -2.34. The van der Waals surface area contributed by atoms with Gasteiger partial charge in [0.2, 0.25) is 0 Å². The number of nitrogens with one attached hydrogen (secondary N) is 1. The van der Waals surface area contributed by atoms with E-state index < -0.39 is 0 Å². The average molecular weight is 284 g/mol. The zero-order valence-electron chi connectivity index (χ0n) is 12.6. The van der Waals surface area contributed by atoms with Crippen LogP contribution >= 0.6 is 0 Å². The molecule has 2 aromatic carbocycles. The Morgan fingerprint density at radius 3 is 2.81 bits per heavy atom. The molecule has 0 aliphatic carbocycles. The van der Waals surface area contributed by atoms with Crippen molar-refractivity contribution in [2.75, 3.05) is 11.9 Å². The minimum atomic E-state index is -0.179. The van der Waals surface area contributed by atoms with Gasteiger partial charge in [0.25, 0.3) is 0 Å². The van der Waals surface area contributed by atoms with E-state index in [9.17, 15) is 4.39 Å². The topological polar surface area (TPSA) is 15.3 Å². The lowest BCUT2D eigenvalue weighted by atomic mass is 9.95. The normalized spacial score (nSPS) is 17.7. The molecule has 0 aromatic heterocycles. The van der Waals surface area contributed by atoms with Crippen molar-refractivity contribution in [1.29, 1.82) is 0 Å². The SMILES string of the molecule is CNCc1cc(F)ccc1N1c2ccccc2CCC1C. The highest BCUT2D eigenvalue weighted by atomic mass is 19.1. The van der Waals surface area contributed by atoms with Crippen LogP contribution in [0.5, 0.6) is 0 Å². The molecular formula is C18H21FN2. The van der Waals surface area contributed by atoms with Gasteiger partial charge in [0.15, 0.2) is 0 Å². The molecule has 3 rings (SSSR count). The number of benzene rings is 2. The van der Waals surface area contributed by atoms with Crippen molar-refractivity contribution in [1.82, 2.24) is 5.32 Å². The molecule has 1 aliphatic rings.